The first-order valence-electron chi connectivity index (χ1n) is 7.97. The van der Waals surface area contributed by atoms with Gasteiger partial charge in [0.2, 0.25) is 18.2 Å². The fourth-order valence-electron chi connectivity index (χ4n) is 2.29. The summed E-state index contributed by atoms with van der Waals surface area (Å²) >= 11 is 1.61. The highest BCUT2D eigenvalue weighted by Gasteiger charge is 2.15. The summed E-state index contributed by atoms with van der Waals surface area (Å²) < 4.78 is 5.22. The molecule has 1 atom stereocenters. The zero-order valence-electron chi connectivity index (χ0n) is 14.1. The minimum atomic E-state index is -0.160. The van der Waals surface area contributed by atoms with Gasteiger partial charge in [-0.15, -0.1) is 22.0 Å². The van der Waals surface area contributed by atoms with Crippen LogP contribution in [0.3, 0.4) is 0 Å². The lowest BCUT2D eigenvalue weighted by Gasteiger charge is -2.14. The number of thioether (sulfide) groups is 1. The SMILES string of the molecule is Cc1ccc(-c2nnco2)cc1NC(=O)C(C)SCc1ccccc1. The van der Waals surface area contributed by atoms with E-state index in [1.165, 1.54) is 12.0 Å². The first-order chi connectivity index (χ1) is 12.1. The van der Waals surface area contributed by atoms with Gasteiger partial charge in [-0.2, -0.15) is 0 Å². The summed E-state index contributed by atoms with van der Waals surface area (Å²) in [6.07, 6.45) is 1.29. The molecule has 0 aliphatic heterocycles. The van der Waals surface area contributed by atoms with Gasteiger partial charge in [0.1, 0.15) is 0 Å². The molecule has 0 spiro atoms. The van der Waals surface area contributed by atoms with Gasteiger partial charge in [0.05, 0.1) is 5.25 Å². The fraction of sp³-hybridized carbons (Fsp3) is 0.211. The first kappa shape index (κ1) is 17.2. The average Bonchev–Trinajstić information content (AvgIpc) is 3.17. The molecule has 0 bridgehead atoms. The summed E-state index contributed by atoms with van der Waals surface area (Å²) in [7, 11) is 0. The molecule has 0 fully saturated rings. The van der Waals surface area contributed by atoms with Gasteiger partial charge in [-0.1, -0.05) is 36.4 Å². The molecule has 1 heterocycles. The lowest BCUT2D eigenvalue weighted by molar-refractivity contribution is -0.115. The molecular weight excluding hydrogens is 334 g/mol. The van der Waals surface area contributed by atoms with E-state index in [2.05, 4.69) is 27.6 Å². The van der Waals surface area contributed by atoms with E-state index in [1.54, 1.807) is 11.8 Å². The topological polar surface area (TPSA) is 68.0 Å². The molecule has 5 nitrogen and oxygen atoms in total. The largest absolute Gasteiger partial charge is 0.423 e. The third kappa shape index (κ3) is 4.48. The van der Waals surface area contributed by atoms with Crippen LogP contribution in [0, 0.1) is 6.92 Å². The second-order valence-corrected chi connectivity index (χ2v) is 7.03. The second kappa shape index (κ2) is 7.98. The zero-order chi connectivity index (χ0) is 17.6. The van der Waals surface area contributed by atoms with E-state index in [-0.39, 0.29) is 11.2 Å². The summed E-state index contributed by atoms with van der Waals surface area (Å²) in [5.74, 6) is 1.21. The molecule has 2 aromatic carbocycles. The smallest absolute Gasteiger partial charge is 0.247 e. The predicted octanol–water partition coefficient (Wildman–Crippen LogP) is 4.31. The molecule has 6 heteroatoms. The summed E-state index contributed by atoms with van der Waals surface area (Å²) in [6, 6.07) is 15.8. The van der Waals surface area contributed by atoms with Crippen LogP contribution < -0.4 is 5.32 Å². The van der Waals surface area contributed by atoms with Gasteiger partial charge in [0.15, 0.2) is 0 Å². The maximum Gasteiger partial charge on any atom is 0.247 e. The molecule has 0 aliphatic rings. The Kier molecular flexibility index (Phi) is 5.50. The number of nitrogens with one attached hydrogen (secondary N) is 1. The monoisotopic (exact) mass is 353 g/mol. The molecule has 128 valence electrons. The third-order valence-electron chi connectivity index (χ3n) is 3.81. The van der Waals surface area contributed by atoms with Crippen molar-refractivity contribution in [2.75, 3.05) is 5.32 Å². The number of amides is 1. The quantitative estimate of drug-likeness (QED) is 0.715. The molecule has 0 radical (unpaired) electrons. The normalized spacial score (nSPS) is 11.9. The van der Waals surface area contributed by atoms with Crippen LogP contribution in [-0.2, 0) is 10.5 Å². The number of benzene rings is 2. The molecule has 0 saturated carbocycles. The molecule has 3 aromatic rings. The average molecular weight is 353 g/mol. The zero-order valence-corrected chi connectivity index (χ0v) is 14.9. The van der Waals surface area contributed by atoms with Gasteiger partial charge in [-0.25, -0.2) is 0 Å². The van der Waals surface area contributed by atoms with E-state index < -0.39 is 0 Å². The standard InChI is InChI=1S/C19H19N3O2S/c1-13-8-9-16(19-22-20-12-24-19)10-17(13)21-18(23)14(2)25-11-15-6-4-3-5-7-15/h3-10,12,14H,11H2,1-2H3,(H,21,23). The Morgan fingerprint density at radius 2 is 2.04 bits per heavy atom. The van der Waals surface area contributed by atoms with Gasteiger partial charge < -0.3 is 9.73 Å². The molecule has 1 unspecified atom stereocenters. The van der Waals surface area contributed by atoms with Crippen LogP contribution in [0.4, 0.5) is 5.69 Å². The maximum atomic E-state index is 12.5. The van der Waals surface area contributed by atoms with Gasteiger partial charge in [-0.3, -0.25) is 4.79 Å². The van der Waals surface area contributed by atoms with Crippen molar-refractivity contribution in [3.05, 3.63) is 66.1 Å². The highest BCUT2D eigenvalue weighted by molar-refractivity contribution is 7.99. The Balaban J connectivity index is 1.64. The lowest BCUT2D eigenvalue weighted by atomic mass is 10.1. The summed E-state index contributed by atoms with van der Waals surface area (Å²) in [4.78, 5) is 12.5. The van der Waals surface area contributed by atoms with E-state index in [0.29, 0.717) is 5.89 Å². The molecule has 3 rings (SSSR count). The van der Waals surface area contributed by atoms with Crippen molar-refractivity contribution in [2.45, 2.75) is 24.9 Å². The van der Waals surface area contributed by atoms with E-state index in [4.69, 9.17) is 4.42 Å². The lowest BCUT2D eigenvalue weighted by Crippen LogP contribution is -2.23. The number of rotatable bonds is 6. The van der Waals surface area contributed by atoms with Gasteiger partial charge in [-0.05, 0) is 37.1 Å². The van der Waals surface area contributed by atoms with E-state index in [0.717, 1.165) is 22.6 Å². The van der Waals surface area contributed by atoms with Crippen LogP contribution in [0.25, 0.3) is 11.5 Å². The van der Waals surface area contributed by atoms with Crippen molar-refractivity contribution in [1.82, 2.24) is 10.2 Å². The predicted molar refractivity (Wildman–Crippen MR) is 100 cm³/mol. The Morgan fingerprint density at radius 3 is 2.76 bits per heavy atom. The van der Waals surface area contributed by atoms with Crippen LogP contribution >= 0.6 is 11.8 Å². The van der Waals surface area contributed by atoms with Crippen molar-refractivity contribution >= 4 is 23.4 Å². The van der Waals surface area contributed by atoms with Crippen molar-refractivity contribution < 1.29 is 9.21 Å². The van der Waals surface area contributed by atoms with E-state index in [9.17, 15) is 4.79 Å². The summed E-state index contributed by atoms with van der Waals surface area (Å²) in [6.45, 7) is 3.87. The fourth-order valence-corrected chi connectivity index (χ4v) is 3.14. The molecular formula is C19H19N3O2S. The number of aromatic nitrogens is 2. The van der Waals surface area contributed by atoms with E-state index in [1.807, 2.05) is 50.2 Å². The Hall–Kier alpha value is -2.60. The van der Waals surface area contributed by atoms with Crippen LogP contribution in [0.15, 0.2) is 59.3 Å². The summed E-state index contributed by atoms with van der Waals surface area (Å²) in [5.41, 5.74) is 3.73. The Labute approximate surface area is 150 Å². The number of hydrogen-bond donors (Lipinski definition) is 1. The van der Waals surface area contributed by atoms with Crippen molar-refractivity contribution in [2.24, 2.45) is 0 Å². The van der Waals surface area contributed by atoms with Crippen molar-refractivity contribution in [1.29, 1.82) is 0 Å². The third-order valence-corrected chi connectivity index (χ3v) is 5.03. The van der Waals surface area contributed by atoms with Crippen molar-refractivity contribution in [3.8, 4) is 11.5 Å². The van der Waals surface area contributed by atoms with Crippen LogP contribution in [-0.4, -0.2) is 21.4 Å². The number of aryl methyl sites for hydroxylation is 1. The minimum Gasteiger partial charge on any atom is -0.423 e. The molecule has 0 saturated heterocycles. The Morgan fingerprint density at radius 1 is 1.24 bits per heavy atom. The molecule has 1 N–H and O–H groups in total. The second-order valence-electron chi connectivity index (χ2n) is 5.70. The maximum absolute atomic E-state index is 12.5. The van der Waals surface area contributed by atoms with Crippen LogP contribution in [0.2, 0.25) is 0 Å². The van der Waals surface area contributed by atoms with Gasteiger partial charge >= 0.3 is 0 Å². The van der Waals surface area contributed by atoms with Gasteiger partial charge in [0.25, 0.3) is 0 Å². The summed E-state index contributed by atoms with van der Waals surface area (Å²) in [5, 5.41) is 10.4. The molecule has 1 aromatic heterocycles. The van der Waals surface area contributed by atoms with Crippen LogP contribution in [0.5, 0.6) is 0 Å². The first-order valence-corrected chi connectivity index (χ1v) is 9.02. The van der Waals surface area contributed by atoms with Crippen molar-refractivity contribution in [3.63, 3.8) is 0 Å². The number of hydrogen-bond acceptors (Lipinski definition) is 5. The molecule has 0 aliphatic carbocycles. The number of anilines is 1. The number of carbonyl (C=O) groups is 1. The number of nitrogens with zero attached hydrogens (tertiary/aromatic N) is 2. The molecule has 1 amide bonds. The molecule has 25 heavy (non-hydrogen) atoms. The number of carbonyl (C=O) groups excluding carboxylic acids is 1. The van der Waals surface area contributed by atoms with E-state index >= 15 is 0 Å². The highest BCUT2D eigenvalue weighted by Crippen LogP contribution is 2.25. The van der Waals surface area contributed by atoms with Crippen LogP contribution in [0.1, 0.15) is 18.1 Å². The minimum absolute atomic E-state index is 0.0216. The van der Waals surface area contributed by atoms with Gasteiger partial charge in [0, 0.05) is 17.0 Å². The Bertz CT molecular complexity index is 835. The highest BCUT2D eigenvalue weighted by atomic mass is 32.2.